The minimum Gasteiger partial charge on any atom is -0.494 e. The summed E-state index contributed by atoms with van der Waals surface area (Å²) in [7, 11) is 1.43. The summed E-state index contributed by atoms with van der Waals surface area (Å²) >= 11 is 0. The molecule has 0 saturated carbocycles. The number of halogens is 1. The van der Waals surface area contributed by atoms with Crippen molar-refractivity contribution in [2.75, 3.05) is 19.0 Å². The van der Waals surface area contributed by atoms with Gasteiger partial charge in [0.2, 0.25) is 0 Å². The molecular formula is C19H23FN2O3. The number of hydrogen-bond acceptors (Lipinski definition) is 4. The van der Waals surface area contributed by atoms with Crippen molar-refractivity contribution in [1.82, 2.24) is 5.32 Å². The number of anilines is 1. The van der Waals surface area contributed by atoms with Gasteiger partial charge in [0.25, 0.3) is 5.91 Å². The smallest absolute Gasteiger partial charge is 0.251 e. The molecule has 6 heteroatoms. The lowest BCUT2D eigenvalue weighted by Crippen LogP contribution is -2.36. The lowest BCUT2D eigenvalue weighted by atomic mass is 10.1. The largest absolute Gasteiger partial charge is 0.494 e. The third kappa shape index (κ3) is 5.19. The Bertz CT molecular complexity index is 700. The lowest BCUT2D eigenvalue weighted by molar-refractivity contribution is 0.0915. The molecule has 0 aromatic heterocycles. The SMILES string of the molecule is CCC(CO)NC(=O)c1ccc(NCc2ccc(OC)c(F)c2)cc1. The summed E-state index contributed by atoms with van der Waals surface area (Å²) < 4.78 is 18.6. The van der Waals surface area contributed by atoms with E-state index in [4.69, 9.17) is 9.84 Å². The van der Waals surface area contributed by atoms with Crippen LogP contribution in [0.3, 0.4) is 0 Å². The van der Waals surface area contributed by atoms with Crippen LogP contribution in [0.2, 0.25) is 0 Å². The third-order valence-electron chi connectivity index (χ3n) is 3.91. The van der Waals surface area contributed by atoms with Crippen LogP contribution in [0.4, 0.5) is 10.1 Å². The van der Waals surface area contributed by atoms with Crippen molar-refractivity contribution in [1.29, 1.82) is 0 Å². The molecule has 134 valence electrons. The van der Waals surface area contributed by atoms with E-state index in [1.807, 2.05) is 6.92 Å². The van der Waals surface area contributed by atoms with Gasteiger partial charge in [-0.15, -0.1) is 0 Å². The van der Waals surface area contributed by atoms with E-state index in [1.54, 1.807) is 36.4 Å². The van der Waals surface area contributed by atoms with E-state index in [1.165, 1.54) is 13.2 Å². The summed E-state index contributed by atoms with van der Waals surface area (Å²) in [6.45, 7) is 2.27. The molecule has 0 aliphatic carbocycles. The molecule has 0 aliphatic rings. The van der Waals surface area contributed by atoms with Crippen LogP contribution in [0.1, 0.15) is 29.3 Å². The molecule has 3 N–H and O–H groups in total. The molecule has 2 aromatic carbocycles. The van der Waals surface area contributed by atoms with Gasteiger partial charge in [0.05, 0.1) is 19.8 Å². The number of rotatable bonds is 8. The monoisotopic (exact) mass is 346 g/mol. The Balaban J connectivity index is 1.94. The number of amides is 1. The number of carbonyl (C=O) groups is 1. The highest BCUT2D eigenvalue weighted by Gasteiger charge is 2.11. The van der Waals surface area contributed by atoms with E-state index in [0.717, 1.165) is 11.3 Å². The van der Waals surface area contributed by atoms with E-state index < -0.39 is 5.82 Å². The van der Waals surface area contributed by atoms with Gasteiger partial charge in [-0.05, 0) is 48.4 Å². The van der Waals surface area contributed by atoms with Gasteiger partial charge in [-0.25, -0.2) is 4.39 Å². The molecule has 0 aliphatic heterocycles. The molecule has 25 heavy (non-hydrogen) atoms. The standard InChI is InChI=1S/C19H23FN2O3/c1-3-15(12-23)22-19(24)14-5-7-16(8-6-14)21-11-13-4-9-18(25-2)17(20)10-13/h4-10,15,21,23H,3,11-12H2,1-2H3,(H,22,24). The van der Waals surface area contributed by atoms with Crippen molar-refractivity contribution in [2.45, 2.75) is 25.9 Å². The first-order chi connectivity index (χ1) is 12.1. The molecule has 1 atom stereocenters. The summed E-state index contributed by atoms with van der Waals surface area (Å²) in [5, 5.41) is 15.1. The van der Waals surface area contributed by atoms with Gasteiger partial charge in [-0.2, -0.15) is 0 Å². The van der Waals surface area contributed by atoms with Gasteiger partial charge >= 0.3 is 0 Å². The van der Waals surface area contributed by atoms with E-state index in [-0.39, 0.29) is 24.3 Å². The highest BCUT2D eigenvalue weighted by Crippen LogP contribution is 2.19. The molecule has 2 rings (SSSR count). The number of nitrogens with one attached hydrogen (secondary N) is 2. The number of hydrogen-bond donors (Lipinski definition) is 3. The predicted molar refractivity (Wildman–Crippen MR) is 95.4 cm³/mol. The van der Waals surface area contributed by atoms with Crippen LogP contribution in [0, 0.1) is 5.82 Å². The van der Waals surface area contributed by atoms with Crippen LogP contribution < -0.4 is 15.4 Å². The topological polar surface area (TPSA) is 70.6 Å². The molecule has 0 radical (unpaired) electrons. The van der Waals surface area contributed by atoms with Gasteiger partial charge in [0, 0.05) is 17.8 Å². The number of ether oxygens (including phenoxy) is 1. The fourth-order valence-corrected chi connectivity index (χ4v) is 2.31. The second kappa shape index (κ2) is 9.03. The van der Waals surface area contributed by atoms with Crippen LogP contribution in [0.5, 0.6) is 5.75 Å². The van der Waals surface area contributed by atoms with Gasteiger partial charge in [-0.3, -0.25) is 4.79 Å². The quantitative estimate of drug-likeness (QED) is 0.687. The molecule has 0 saturated heterocycles. The Morgan fingerprint density at radius 2 is 1.96 bits per heavy atom. The van der Waals surface area contributed by atoms with Crippen molar-refractivity contribution in [3.8, 4) is 5.75 Å². The lowest BCUT2D eigenvalue weighted by Gasteiger charge is -2.14. The zero-order valence-electron chi connectivity index (χ0n) is 14.4. The average Bonchev–Trinajstić information content (AvgIpc) is 2.64. The Kier molecular flexibility index (Phi) is 6.77. The molecule has 0 fully saturated rings. The third-order valence-corrected chi connectivity index (χ3v) is 3.91. The Morgan fingerprint density at radius 1 is 1.24 bits per heavy atom. The van der Waals surface area contributed by atoms with Crippen LogP contribution in [-0.4, -0.2) is 30.8 Å². The molecule has 0 heterocycles. The molecule has 0 spiro atoms. The highest BCUT2D eigenvalue weighted by molar-refractivity contribution is 5.94. The summed E-state index contributed by atoms with van der Waals surface area (Å²) in [6.07, 6.45) is 0.667. The first-order valence-corrected chi connectivity index (χ1v) is 8.15. The van der Waals surface area contributed by atoms with Gasteiger partial charge in [0.1, 0.15) is 0 Å². The number of benzene rings is 2. The molecule has 1 amide bonds. The molecule has 5 nitrogen and oxygen atoms in total. The van der Waals surface area contributed by atoms with Crippen LogP contribution in [-0.2, 0) is 6.54 Å². The van der Waals surface area contributed by atoms with Crippen molar-refractivity contribution in [3.63, 3.8) is 0 Å². The van der Waals surface area contributed by atoms with Crippen molar-refractivity contribution < 1.29 is 19.0 Å². The first kappa shape index (κ1) is 18.7. The first-order valence-electron chi connectivity index (χ1n) is 8.15. The number of aliphatic hydroxyl groups is 1. The summed E-state index contributed by atoms with van der Waals surface area (Å²) in [4.78, 5) is 12.1. The van der Waals surface area contributed by atoms with Crippen LogP contribution in [0.25, 0.3) is 0 Å². The molecule has 2 aromatic rings. The normalized spacial score (nSPS) is 11.7. The minimum absolute atomic E-state index is 0.0830. The fourth-order valence-electron chi connectivity index (χ4n) is 2.31. The highest BCUT2D eigenvalue weighted by atomic mass is 19.1. The van der Waals surface area contributed by atoms with E-state index in [0.29, 0.717) is 18.5 Å². The maximum atomic E-state index is 13.7. The second-order valence-corrected chi connectivity index (χ2v) is 5.66. The van der Waals surface area contributed by atoms with Crippen LogP contribution >= 0.6 is 0 Å². The number of methoxy groups -OCH3 is 1. The van der Waals surface area contributed by atoms with Crippen molar-refractivity contribution >= 4 is 11.6 Å². The van der Waals surface area contributed by atoms with Gasteiger partial charge in [0.15, 0.2) is 11.6 Å². The average molecular weight is 346 g/mol. The second-order valence-electron chi connectivity index (χ2n) is 5.66. The summed E-state index contributed by atoms with van der Waals surface area (Å²) in [5.74, 6) is -0.403. The Hall–Kier alpha value is -2.60. The van der Waals surface area contributed by atoms with Crippen molar-refractivity contribution in [2.24, 2.45) is 0 Å². The minimum atomic E-state index is -0.400. The van der Waals surface area contributed by atoms with Crippen molar-refractivity contribution in [3.05, 3.63) is 59.4 Å². The zero-order chi connectivity index (χ0) is 18.2. The molecular weight excluding hydrogens is 323 g/mol. The fraction of sp³-hybridized carbons (Fsp3) is 0.316. The molecule has 1 unspecified atom stereocenters. The van der Waals surface area contributed by atoms with Crippen LogP contribution in [0.15, 0.2) is 42.5 Å². The van der Waals surface area contributed by atoms with E-state index in [2.05, 4.69) is 10.6 Å². The summed E-state index contributed by atoms with van der Waals surface area (Å²) in [6, 6.07) is 11.5. The summed E-state index contributed by atoms with van der Waals surface area (Å²) in [5.41, 5.74) is 2.13. The Morgan fingerprint density at radius 3 is 2.52 bits per heavy atom. The van der Waals surface area contributed by atoms with E-state index in [9.17, 15) is 9.18 Å². The molecule has 0 bridgehead atoms. The zero-order valence-corrected chi connectivity index (χ0v) is 14.4. The van der Waals surface area contributed by atoms with Gasteiger partial charge < -0.3 is 20.5 Å². The Labute approximate surface area is 146 Å². The number of aliphatic hydroxyl groups excluding tert-OH is 1. The van der Waals surface area contributed by atoms with E-state index >= 15 is 0 Å². The maximum absolute atomic E-state index is 13.7. The maximum Gasteiger partial charge on any atom is 0.251 e. The number of carbonyl (C=O) groups excluding carboxylic acids is 1. The predicted octanol–water partition coefficient (Wildman–Crippen LogP) is 2.95. The van der Waals surface area contributed by atoms with Gasteiger partial charge in [-0.1, -0.05) is 13.0 Å².